The summed E-state index contributed by atoms with van der Waals surface area (Å²) in [6.45, 7) is 0.512. The van der Waals surface area contributed by atoms with Crippen LogP contribution in [0.1, 0.15) is 11.1 Å². The van der Waals surface area contributed by atoms with E-state index in [0.29, 0.717) is 34.3 Å². The zero-order valence-corrected chi connectivity index (χ0v) is 18.1. The van der Waals surface area contributed by atoms with Crippen molar-refractivity contribution in [2.45, 2.75) is 13.0 Å². The predicted molar refractivity (Wildman–Crippen MR) is 132 cm³/mol. The van der Waals surface area contributed by atoms with Crippen molar-refractivity contribution in [3.8, 4) is 0 Å². The molecule has 4 heterocycles. The second-order valence-corrected chi connectivity index (χ2v) is 7.90. The standard InChI is InChI=1S/C26H19N7O/c34-26-22-23-25(31-21-11-5-4-10-20(21)30-23)33(29-16-19-9-6-13-27-15-19)24(22)28-17-32(26)14-12-18-7-2-1-3-8-18/h1-11,13,15-17H,12,14H2. The van der Waals surface area contributed by atoms with Crippen molar-refractivity contribution in [2.75, 3.05) is 0 Å². The Morgan fingerprint density at radius 1 is 0.882 bits per heavy atom. The summed E-state index contributed by atoms with van der Waals surface area (Å²) in [6, 6.07) is 21.4. The van der Waals surface area contributed by atoms with E-state index in [1.54, 1.807) is 34.2 Å². The molecule has 0 fully saturated rings. The van der Waals surface area contributed by atoms with Gasteiger partial charge in [-0.15, -0.1) is 0 Å². The molecular weight excluding hydrogens is 426 g/mol. The summed E-state index contributed by atoms with van der Waals surface area (Å²) in [7, 11) is 0. The lowest BCUT2D eigenvalue weighted by atomic mass is 10.1. The van der Waals surface area contributed by atoms with Crippen LogP contribution in [0, 0.1) is 0 Å². The van der Waals surface area contributed by atoms with Crippen LogP contribution in [0.15, 0.2) is 95.3 Å². The Morgan fingerprint density at radius 2 is 1.68 bits per heavy atom. The largest absolute Gasteiger partial charge is 0.298 e. The van der Waals surface area contributed by atoms with Crippen molar-refractivity contribution in [3.05, 3.63) is 107 Å². The van der Waals surface area contributed by atoms with Gasteiger partial charge in [-0.2, -0.15) is 9.78 Å². The smallest absolute Gasteiger partial charge is 0.265 e. The van der Waals surface area contributed by atoms with E-state index in [2.05, 4.69) is 15.1 Å². The molecule has 164 valence electrons. The van der Waals surface area contributed by atoms with Crippen molar-refractivity contribution in [2.24, 2.45) is 5.10 Å². The third-order valence-corrected chi connectivity index (χ3v) is 5.70. The highest BCUT2D eigenvalue weighted by Crippen LogP contribution is 2.24. The highest BCUT2D eigenvalue weighted by atomic mass is 16.1. The highest BCUT2D eigenvalue weighted by molar-refractivity contribution is 6.04. The van der Waals surface area contributed by atoms with E-state index in [1.807, 2.05) is 66.7 Å². The minimum atomic E-state index is -0.161. The minimum absolute atomic E-state index is 0.161. The molecule has 0 saturated heterocycles. The van der Waals surface area contributed by atoms with E-state index in [4.69, 9.17) is 9.97 Å². The number of fused-ring (bicyclic) bond motifs is 4. The number of hydrogen-bond acceptors (Lipinski definition) is 6. The molecule has 4 aromatic heterocycles. The van der Waals surface area contributed by atoms with Gasteiger partial charge in [-0.05, 0) is 30.2 Å². The lowest BCUT2D eigenvalue weighted by molar-refractivity contribution is 0.661. The number of benzene rings is 2. The number of aryl methyl sites for hydroxylation is 2. The van der Waals surface area contributed by atoms with Gasteiger partial charge in [0.25, 0.3) is 5.56 Å². The van der Waals surface area contributed by atoms with Crippen LogP contribution in [-0.2, 0) is 13.0 Å². The number of aromatic nitrogens is 6. The summed E-state index contributed by atoms with van der Waals surface area (Å²) < 4.78 is 3.21. The Bertz CT molecular complexity index is 1720. The molecule has 0 N–H and O–H groups in total. The second-order valence-electron chi connectivity index (χ2n) is 7.90. The van der Waals surface area contributed by atoms with Gasteiger partial charge in [0, 0.05) is 24.5 Å². The van der Waals surface area contributed by atoms with Crippen molar-refractivity contribution in [1.29, 1.82) is 0 Å². The van der Waals surface area contributed by atoms with Crippen molar-refractivity contribution >= 4 is 39.4 Å². The fraction of sp³-hybridized carbons (Fsp3) is 0.0769. The van der Waals surface area contributed by atoms with Gasteiger partial charge < -0.3 is 0 Å². The van der Waals surface area contributed by atoms with E-state index in [1.165, 1.54) is 0 Å². The molecule has 0 aliphatic heterocycles. The van der Waals surface area contributed by atoms with Gasteiger partial charge in [0.15, 0.2) is 11.3 Å². The average Bonchev–Trinajstić information content (AvgIpc) is 3.20. The topological polar surface area (TPSA) is 90.8 Å². The van der Waals surface area contributed by atoms with Crippen LogP contribution in [0.4, 0.5) is 0 Å². The van der Waals surface area contributed by atoms with Crippen molar-refractivity contribution < 1.29 is 0 Å². The number of pyridine rings is 1. The molecule has 0 unspecified atom stereocenters. The molecular formula is C26H19N7O. The minimum Gasteiger partial charge on any atom is -0.298 e. The fourth-order valence-electron chi connectivity index (χ4n) is 3.99. The molecule has 34 heavy (non-hydrogen) atoms. The van der Waals surface area contributed by atoms with Gasteiger partial charge in [-0.3, -0.25) is 14.3 Å². The van der Waals surface area contributed by atoms with Gasteiger partial charge in [0.1, 0.15) is 10.9 Å². The third kappa shape index (κ3) is 3.51. The van der Waals surface area contributed by atoms with E-state index in [-0.39, 0.29) is 5.56 Å². The Labute approximate surface area is 193 Å². The van der Waals surface area contributed by atoms with Crippen LogP contribution in [0.25, 0.3) is 33.2 Å². The number of rotatable bonds is 5. The van der Waals surface area contributed by atoms with Gasteiger partial charge >= 0.3 is 0 Å². The summed E-state index contributed by atoms with van der Waals surface area (Å²) in [5, 5.41) is 5.01. The Kier molecular flexibility index (Phi) is 4.88. The van der Waals surface area contributed by atoms with Crippen LogP contribution in [0.2, 0.25) is 0 Å². The summed E-state index contributed by atoms with van der Waals surface area (Å²) in [5.74, 6) is 0. The highest BCUT2D eigenvalue weighted by Gasteiger charge is 2.19. The first-order valence-corrected chi connectivity index (χ1v) is 10.9. The molecule has 0 spiro atoms. The van der Waals surface area contributed by atoms with Crippen LogP contribution in [0.5, 0.6) is 0 Å². The van der Waals surface area contributed by atoms with Gasteiger partial charge in [0.2, 0.25) is 0 Å². The first kappa shape index (κ1) is 19.9. The fourth-order valence-corrected chi connectivity index (χ4v) is 3.99. The molecule has 8 heteroatoms. The molecule has 8 nitrogen and oxygen atoms in total. The maximum absolute atomic E-state index is 13.6. The molecule has 0 radical (unpaired) electrons. The van der Waals surface area contributed by atoms with Crippen LogP contribution in [-0.4, -0.2) is 35.4 Å². The maximum atomic E-state index is 13.6. The van der Waals surface area contributed by atoms with Gasteiger partial charge in [-0.25, -0.2) is 15.0 Å². The molecule has 0 aliphatic carbocycles. The molecule has 0 bridgehead atoms. The monoisotopic (exact) mass is 445 g/mol. The second kappa shape index (κ2) is 8.32. The van der Waals surface area contributed by atoms with Crippen LogP contribution >= 0.6 is 0 Å². The third-order valence-electron chi connectivity index (χ3n) is 5.70. The van der Waals surface area contributed by atoms with E-state index >= 15 is 0 Å². The average molecular weight is 445 g/mol. The Hall–Kier alpha value is -4.72. The molecule has 0 amide bonds. The summed E-state index contributed by atoms with van der Waals surface area (Å²) >= 11 is 0. The lowest BCUT2D eigenvalue weighted by Gasteiger charge is -2.05. The zero-order chi connectivity index (χ0) is 22.9. The van der Waals surface area contributed by atoms with Crippen molar-refractivity contribution in [1.82, 2.24) is 29.2 Å². The Morgan fingerprint density at radius 3 is 2.47 bits per heavy atom. The van der Waals surface area contributed by atoms with Crippen LogP contribution < -0.4 is 5.56 Å². The molecule has 0 aliphatic rings. The Balaban J connectivity index is 1.55. The van der Waals surface area contributed by atoms with E-state index in [9.17, 15) is 4.79 Å². The summed E-state index contributed by atoms with van der Waals surface area (Å²) in [4.78, 5) is 31.9. The number of hydrogen-bond donors (Lipinski definition) is 0. The molecule has 6 rings (SSSR count). The molecule has 6 aromatic rings. The predicted octanol–water partition coefficient (Wildman–Crippen LogP) is 3.81. The maximum Gasteiger partial charge on any atom is 0.265 e. The summed E-state index contributed by atoms with van der Waals surface area (Å²) in [6.07, 6.45) is 7.38. The lowest BCUT2D eigenvalue weighted by Crippen LogP contribution is -2.21. The number of para-hydroxylation sites is 2. The van der Waals surface area contributed by atoms with Crippen molar-refractivity contribution in [3.63, 3.8) is 0 Å². The van der Waals surface area contributed by atoms with Gasteiger partial charge in [-0.1, -0.05) is 48.5 Å². The quantitative estimate of drug-likeness (QED) is 0.376. The molecule has 0 atom stereocenters. The van der Waals surface area contributed by atoms with E-state index in [0.717, 1.165) is 23.1 Å². The first-order chi connectivity index (χ1) is 16.8. The van der Waals surface area contributed by atoms with E-state index < -0.39 is 0 Å². The first-order valence-electron chi connectivity index (χ1n) is 10.9. The zero-order valence-electron chi connectivity index (χ0n) is 18.1. The molecule has 0 saturated carbocycles. The van der Waals surface area contributed by atoms with Crippen LogP contribution in [0.3, 0.4) is 0 Å². The number of nitrogens with zero attached hydrogens (tertiary/aromatic N) is 7. The SMILES string of the molecule is O=c1c2c3nc4ccccc4nc3n(N=Cc3cccnc3)c2ncn1CCc1ccccc1. The normalized spacial score (nSPS) is 11.8. The molecule has 2 aromatic carbocycles. The summed E-state index contributed by atoms with van der Waals surface area (Å²) in [5.41, 5.74) is 4.65. The van der Waals surface area contributed by atoms with Gasteiger partial charge in [0.05, 0.1) is 23.6 Å².